The van der Waals surface area contributed by atoms with Crippen LogP contribution in [-0.2, 0) is 0 Å². The molecule has 0 bridgehead atoms. The molecule has 5 nitrogen and oxygen atoms in total. The third-order valence-electron chi connectivity index (χ3n) is 3.22. The summed E-state index contributed by atoms with van der Waals surface area (Å²) in [6.45, 7) is 1.74. The van der Waals surface area contributed by atoms with Crippen LogP contribution in [0.5, 0.6) is 11.5 Å². The number of Topliss-reactive ketones (excluding diaryl/α,β-unsaturated/α-hetero) is 1. The van der Waals surface area contributed by atoms with Crippen molar-refractivity contribution in [3.8, 4) is 23.6 Å². The Morgan fingerprint density at radius 3 is 2.67 bits per heavy atom. The predicted octanol–water partition coefficient (Wildman–Crippen LogP) is 3.76. The van der Waals surface area contributed by atoms with Gasteiger partial charge in [-0.05, 0) is 47.7 Å². The number of carbonyl (C=O) groups is 1. The number of nitriles is 2. The second-order valence-corrected chi connectivity index (χ2v) is 5.70. The van der Waals surface area contributed by atoms with Gasteiger partial charge in [0.1, 0.15) is 17.7 Å². The number of nitrogens with zero attached hydrogens (tertiary/aromatic N) is 2. The van der Waals surface area contributed by atoms with Crippen LogP contribution in [0.25, 0.3) is 6.08 Å². The molecule has 24 heavy (non-hydrogen) atoms. The molecule has 2 aromatic rings. The number of aryl methyl sites for hydroxylation is 1. The van der Waals surface area contributed by atoms with Crippen molar-refractivity contribution in [2.24, 2.45) is 0 Å². The Labute approximate surface area is 144 Å². The average molecular weight is 338 g/mol. The SMILES string of the molecule is COc1cc(/C=C(/C#N)C(=O)c2sccc2C)ccc1OCC#N. The molecule has 6 heteroatoms. The summed E-state index contributed by atoms with van der Waals surface area (Å²) >= 11 is 1.31. The minimum absolute atomic E-state index is 0.0493. The minimum atomic E-state index is -0.297. The third-order valence-corrected chi connectivity index (χ3v) is 4.24. The first-order chi connectivity index (χ1) is 11.6. The lowest BCUT2D eigenvalue weighted by Gasteiger charge is -2.09. The Morgan fingerprint density at radius 1 is 1.29 bits per heavy atom. The summed E-state index contributed by atoms with van der Waals surface area (Å²) in [6.07, 6.45) is 1.51. The fourth-order valence-corrected chi connectivity index (χ4v) is 2.93. The molecule has 0 spiro atoms. The summed E-state index contributed by atoms with van der Waals surface area (Å²) in [5.41, 5.74) is 1.53. The highest BCUT2D eigenvalue weighted by Gasteiger charge is 2.16. The summed E-state index contributed by atoms with van der Waals surface area (Å²) in [5.74, 6) is 0.556. The van der Waals surface area contributed by atoms with Crippen molar-refractivity contribution < 1.29 is 14.3 Å². The summed E-state index contributed by atoms with van der Waals surface area (Å²) in [4.78, 5) is 13.0. The van der Waals surface area contributed by atoms with Gasteiger partial charge in [0, 0.05) is 0 Å². The summed E-state index contributed by atoms with van der Waals surface area (Å²) < 4.78 is 10.5. The van der Waals surface area contributed by atoms with Crippen molar-refractivity contribution in [3.05, 3.63) is 51.2 Å². The predicted molar refractivity (Wildman–Crippen MR) is 91.1 cm³/mol. The fourth-order valence-electron chi connectivity index (χ4n) is 2.05. The minimum Gasteiger partial charge on any atom is -0.493 e. The molecular formula is C18H14N2O3S. The fraction of sp³-hybridized carbons (Fsp3) is 0.167. The lowest BCUT2D eigenvalue weighted by Crippen LogP contribution is -2.01. The average Bonchev–Trinajstić information content (AvgIpc) is 3.03. The van der Waals surface area contributed by atoms with Crippen LogP contribution in [0.2, 0.25) is 0 Å². The first kappa shape index (κ1) is 17.3. The van der Waals surface area contributed by atoms with Gasteiger partial charge in [-0.25, -0.2) is 0 Å². The number of thiophene rings is 1. The van der Waals surface area contributed by atoms with E-state index < -0.39 is 0 Å². The van der Waals surface area contributed by atoms with E-state index in [9.17, 15) is 10.1 Å². The molecule has 0 aliphatic carbocycles. The number of allylic oxidation sites excluding steroid dienone is 1. The van der Waals surface area contributed by atoms with Crippen LogP contribution < -0.4 is 9.47 Å². The Kier molecular flexibility index (Phi) is 5.73. The second kappa shape index (κ2) is 7.96. The van der Waals surface area contributed by atoms with Gasteiger partial charge in [-0.1, -0.05) is 6.07 Å². The molecule has 0 radical (unpaired) electrons. The maximum Gasteiger partial charge on any atom is 0.213 e. The molecule has 0 N–H and O–H groups in total. The first-order valence-corrected chi connectivity index (χ1v) is 7.87. The maximum atomic E-state index is 12.5. The lowest BCUT2D eigenvalue weighted by atomic mass is 10.0. The molecule has 0 atom stereocenters. The molecule has 1 heterocycles. The monoisotopic (exact) mass is 338 g/mol. The van der Waals surface area contributed by atoms with Crippen LogP contribution in [0.15, 0.2) is 35.2 Å². The highest BCUT2D eigenvalue weighted by molar-refractivity contribution is 7.12. The molecule has 2 rings (SSSR count). The first-order valence-electron chi connectivity index (χ1n) is 6.99. The van der Waals surface area contributed by atoms with Crippen molar-refractivity contribution in [1.82, 2.24) is 0 Å². The molecule has 1 aromatic heterocycles. The van der Waals surface area contributed by atoms with Crippen LogP contribution in [0, 0.1) is 29.6 Å². The summed E-state index contributed by atoms with van der Waals surface area (Å²) in [7, 11) is 1.48. The molecule has 0 unspecified atom stereocenters. The van der Waals surface area contributed by atoms with Crippen molar-refractivity contribution in [1.29, 1.82) is 10.5 Å². The Morgan fingerprint density at radius 2 is 2.08 bits per heavy atom. The van der Waals surface area contributed by atoms with Crippen molar-refractivity contribution >= 4 is 23.2 Å². The van der Waals surface area contributed by atoms with E-state index in [1.54, 1.807) is 18.2 Å². The molecule has 1 aromatic carbocycles. The van der Waals surface area contributed by atoms with Gasteiger partial charge in [-0.2, -0.15) is 10.5 Å². The third kappa shape index (κ3) is 3.81. The van der Waals surface area contributed by atoms with E-state index in [2.05, 4.69) is 0 Å². The van der Waals surface area contributed by atoms with Gasteiger partial charge in [0.25, 0.3) is 0 Å². The number of carbonyl (C=O) groups excluding carboxylic acids is 1. The van der Waals surface area contributed by atoms with Crippen LogP contribution >= 0.6 is 11.3 Å². The van der Waals surface area contributed by atoms with E-state index in [4.69, 9.17) is 14.7 Å². The number of hydrogen-bond donors (Lipinski definition) is 0. The van der Waals surface area contributed by atoms with Crippen LogP contribution in [0.1, 0.15) is 20.8 Å². The van der Waals surface area contributed by atoms with Crippen LogP contribution in [0.4, 0.5) is 0 Å². The van der Waals surface area contributed by atoms with Gasteiger partial charge in [-0.3, -0.25) is 4.79 Å². The number of rotatable bonds is 6. The standard InChI is InChI=1S/C18H14N2O3S/c1-12-5-8-24-18(12)17(21)14(11-20)9-13-3-4-15(23-7-6-19)16(10-13)22-2/h3-5,8-10H,7H2,1-2H3/b14-9-. The van der Waals surface area contributed by atoms with E-state index in [0.29, 0.717) is 21.9 Å². The maximum absolute atomic E-state index is 12.5. The zero-order valence-corrected chi connectivity index (χ0v) is 14.0. The molecule has 0 aliphatic heterocycles. The molecule has 0 aliphatic rings. The second-order valence-electron chi connectivity index (χ2n) is 4.79. The zero-order valence-electron chi connectivity index (χ0n) is 13.2. The quantitative estimate of drug-likeness (QED) is 0.455. The Hall–Kier alpha value is -3.09. The number of benzene rings is 1. The van der Waals surface area contributed by atoms with Gasteiger partial charge in [0.05, 0.1) is 12.0 Å². The van der Waals surface area contributed by atoms with Crippen LogP contribution in [0.3, 0.4) is 0 Å². The van der Waals surface area contributed by atoms with E-state index in [1.807, 2.05) is 30.5 Å². The van der Waals surface area contributed by atoms with E-state index in [-0.39, 0.29) is 18.0 Å². The number of hydrogen-bond acceptors (Lipinski definition) is 6. The summed E-state index contributed by atoms with van der Waals surface area (Å²) in [5, 5.41) is 19.7. The highest BCUT2D eigenvalue weighted by atomic mass is 32.1. The van der Waals surface area contributed by atoms with E-state index in [1.165, 1.54) is 24.5 Å². The summed E-state index contributed by atoms with van der Waals surface area (Å²) in [6, 6.07) is 10.7. The molecule has 0 saturated heterocycles. The van der Waals surface area contributed by atoms with Gasteiger partial charge >= 0.3 is 0 Å². The lowest BCUT2D eigenvalue weighted by molar-refractivity contribution is 0.104. The molecular weight excluding hydrogens is 324 g/mol. The number of ether oxygens (including phenoxy) is 2. The normalized spacial score (nSPS) is 10.6. The molecule has 0 amide bonds. The zero-order chi connectivity index (χ0) is 17.5. The molecule has 0 fully saturated rings. The van der Waals surface area contributed by atoms with Crippen LogP contribution in [-0.4, -0.2) is 19.5 Å². The van der Waals surface area contributed by atoms with Crippen molar-refractivity contribution in [2.75, 3.05) is 13.7 Å². The molecule has 0 saturated carbocycles. The van der Waals surface area contributed by atoms with Gasteiger partial charge in [-0.15, -0.1) is 11.3 Å². The van der Waals surface area contributed by atoms with Gasteiger partial charge in [0.2, 0.25) is 5.78 Å². The topological polar surface area (TPSA) is 83.1 Å². The highest BCUT2D eigenvalue weighted by Crippen LogP contribution is 2.29. The van der Waals surface area contributed by atoms with Crippen molar-refractivity contribution in [2.45, 2.75) is 6.92 Å². The number of methoxy groups -OCH3 is 1. The van der Waals surface area contributed by atoms with Gasteiger partial charge in [0.15, 0.2) is 18.1 Å². The van der Waals surface area contributed by atoms with Gasteiger partial charge < -0.3 is 9.47 Å². The Balaban J connectivity index is 2.35. The Bertz CT molecular complexity index is 869. The van der Waals surface area contributed by atoms with Crippen molar-refractivity contribution in [3.63, 3.8) is 0 Å². The van der Waals surface area contributed by atoms with E-state index in [0.717, 1.165) is 5.56 Å². The smallest absolute Gasteiger partial charge is 0.213 e. The number of ketones is 1. The largest absolute Gasteiger partial charge is 0.493 e. The van der Waals surface area contributed by atoms with E-state index >= 15 is 0 Å². The molecule has 120 valence electrons.